The molecule has 1 aliphatic heterocycles. The predicted molar refractivity (Wildman–Crippen MR) is 128 cm³/mol. The Morgan fingerprint density at radius 1 is 0.848 bits per heavy atom. The summed E-state index contributed by atoms with van der Waals surface area (Å²) in [5, 5.41) is 13.2. The fourth-order valence-corrected chi connectivity index (χ4v) is 4.39. The van der Waals surface area contributed by atoms with Gasteiger partial charge in [0.2, 0.25) is 0 Å². The number of ketones is 1. The Kier molecular flexibility index (Phi) is 5.15. The molecule has 1 saturated heterocycles. The molecule has 0 aliphatic carbocycles. The quantitative estimate of drug-likeness (QED) is 0.262. The molecule has 0 aromatic heterocycles. The van der Waals surface area contributed by atoms with E-state index in [2.05, 4.69) is 0 Å². The summed E-state index contributed by atoms with van der Waals surface area (Å²) >= 11 is 0. The average molecular weight is 435 g/mol. The van der Waals surface area contributed by atoms with Gasteiger partial charge in [-0.15, -0.1) is 0 Å². The van der Waals surface area contributed by atoms with Gasteiger partial charge in [0.1, 0.15) is 11.5 Å². The highest BCUT2D eigenvalue weighted by molar-refractivity contribution is 6.51. The molecule has 1 aliphatic rings. The molecule has 0 saturated carbocycles. The van der Waals surface area contributed by atoms with Crippen molar-refractivity contribution in [3.05, 3.63) is 114 Å². The number of aliphatic hydroxyl groups excluding tert-OH is 1. The van der Waals surface area contributed by atoms with E-state index in [9.17, 15) is 14.7 Å². The fraction of sp³-hybridized carbons (Fsp3) is 0.0714. The van der Waals surface area contributed by atoms with Gasteiger partial charge < -0.3 is 9.84 Å². The summed E-state index contributed by atoms with van der Waals surface area (Å²) in [6.07, 6.45) is 0. The second-order valence-corrected chi connectivity index (χ2v) is 7.81. The number of amides is 1. The first-order chi connectivity index (χ1) is 16.1. The van der Waals surface area contributed by atoms with Crippen LogP contribution >= 0.6 is 0 Å². The molecule has 33 heavy (non-hydrogen) atoms. The molecule has 1 amide bonds. The lowest BCUT2D eigenvalue weighted by molar-refractivity contribution is -0.132. The molecule has 1 heterocycles. The first kappa shape index (κ1) is 20.5. The molecule has 0 bridgehead atoms. The third kappa shape index (κ3) is 3.44. The summed E-state index contributed by atoms with van der Waals surface area (Å²) in [5.41, 5.74) is 1.81. The Morgan fingerprint density at radius 3 is 2.33 bits per heavy atom. The number of fused-ring (bicyclic) bond motifs is 1. The highest BCUT2D eigenvalue weighted by atomic mass is 16.5. The van der Waals surface area contributed by atoms with E-state index in [0.717, 1.165) is 16.3 Å². The van der Waals surface area contributed by atoms with E-state index in [1.165, 1.54) is 4.90 Å². The van der Waals surface area contributed by atoms with Crippen LogP contribution < -0.4 is 9.64 Å². The van der Waals surface area contributed by atoms with Gasteiger partial charge in [0, 0.05) is 17.3 Å². The van der Waals surface area contributed by atoms with Gasteiger partial charge in [-0.3, -0.25) is 14.5 Å². The Morgan fingerprint density at radius 2 is 1.55 bits per heavy atom. The van der Waals surface area contributed by atoms with Crippen molar-refractivity contribution in [3.63, 3.8) is 0 Å². The molecule has 1 atom stereocenters. The van der Waals surface area contributed by atoms with Crippen molar-refractivity contribution in [1.29, 1.82) is 0 Å². The molecular formula is C28H21NO4. The fourth-order valence-electron chi connectivity index (χ4n) is 4.39. The zero-order valence-corrected chi connectivity index (χ0v) is 17.9. The number of rotatable bonds is 4. The van der Waals surface area contributed by atoms with Crippen LogP contribution in [0.1, 0.15) is 17.2 Å². The van der Waals surface area contributed by atoms with E-state index in [4.69, 9.17) is 4.74 Å². The van der Waals surface area contributed by atoms with Gasteiger partial charge in [0.15, 0.2) is 0 Å². The number of ether oxygens (including phenoxy) is 1. The number of hydrogen-bond donors (Lipinski definition) is 1. The van der Waals surface area contributed by atoms with Crippen LogP contribution in [0.5, 0.6) is 5.75 Å². The summed E-state index contributed by atoms with van der Waals surface area (Å²) < 4.78 is 5.32. The van der Waals surface area contributed by atoms with Gasteiger partial charge in [-0.05, 0) is 28.5 Å². The lowest BCUT2D eigenvalue weighted by Crippen LogP contribution is -2.29. The normalized spacial score (nSPS) is 17.5. The molecule has 1 fully saturated rings. The van der Waals surface area contributed by atoms with Crippen LogP contribution in [0.25, 0.3) is 16.5 Å². The monoisotopic (exact) mass is 435 g/mol. The van der Waals surface area contributed by atoms with E-state index >= 15 is 0 Å². The van der Waals surface area contributed by atoms with Crippen molar-refractivity contribution in [2.75, 3.05) is 12.0 Å². The first-order valence-corrected chi connectivity index (χ1v) is 10.6. The third-order valence-electron chi connectivity index (χ3n) is 5.94. The third-order valence-corrected chi connectivity index (χ3v) is 5.94. The largest absolute Gasteiger partial charge is 0.507 e. The summed E-state index contributed by atoms with van der Waals surface area (Å²) in [5.74, 6) is -1.05. The lowest BCUT2D eigenvalue weighted by Gasteiger charge is -2.25. The maximum Gasteiger partial charge on any atom is 0.300 e. The number of anilines is 1. The lowest BCUT2D eigenvalue weighted by atomic mass is 9.93. The van der Waals surface area contributed by atoms with E-state index < -0.39 is 17.7 Å². The predicted octanol–water partition coefficient (Wildman–Crippen LogP) is 5.47. The molecule has 1 unspecified atom stereocenters. The molecule has 4 aromatic carbocycles. The van der Waals surface area contributed by atoms with Crippen molar-refractivity contribution >= 4 is 33.9 Å². The summed E-state index contributed by atoms with van der Waals surface area (Å²) in [6, 6.07) is 28.6. The minimum absolute atomic E-state index is 0.0605. The molecule has 162 valence electrons. The smallest absolute Gasteiger partial charge is 0.300 e. The summed E-state index contributed by atoms with van der Waals surface area (Å²) in [6.45, 7) is 0. The van der Waals surface area contributed by atoms with Gasteiger partial charge >= 0.3 is 0 Å². The van der Waals surface area contributed by atoms with Gasteiger partial charge in [-0.2, -0.15) is 0 Å². The van der Waals surface area contributed by atoms with Crippen LogP contribution in [0.3, 0.4) is 0 Å². The molecule has 5 nitrogen and oxygen atoms in total. The zero-order chi connectivity index (χ0) is 22.9. The number of carbonyl (C=O) groups is 2. The van der Waals surface area contributed by atoms with Gasteiger partial charge in [0.25, 0.3) is 11.7 Å². The zero-order valence-electron chi connectivity index (χ0n) is 17.9. The Balaban J connectivity index is 1.77. The van der Waals surface area contributed by atoms with Gasteiger partial charge in [0.05, 0.1) is 18.7 Å². The molecule has 0 radical (unpaired) electrons. The number of benzene rings is 4. The number of nitrogens with zero attached hydrogens (tertiary/aromatic N) is 1. The SMILES string of the molecule is COc1cccc(N2C(=O)C(=O)/C(=C(\O)c3cccc4ccccc34)C2c2ccccc2)c1. The van der Waals surface area contributed by atoms with Crippen LogP contribution in [0.2, 0.25) is 0 Å². The van der Waals surface area contributed by atoms with Crippen LogP contribution in [-0.2, 0) is 9.59 Å². The second kappa shape index (κ2) is 8.28. The van der Waals surface area contributed by atoms with Crippen molar-refractivity contribution < 1.29 is 19.4 Å². The average Bonchev–Trinajstić information content (AvgIpc) is 3.14. The summed E-state index contributed by atoms with van der Waals surface area (Å²) in [7, 11) is 1.54. The molecule has 1 N–H and O–H groups in total. The Bertz CT molecular complexity index is 1400. The maximum absolute atomic E-state index is 13.3. The van der Waals surface area contributed by atoms with Crippen molar-refractivity contribution in [2.24, 2.45) is 0 Å². The first-order valence-electron chi connectivity index (χ1n) is 10.6. The molecular weight excluding hydrogens is 414 g/mol. The van der Waals surface area contributed by atoms with Crippen molar-refractivity contribution in [2.45, 2.75) is 6.04 Å². The van der Waals surface area contributed by atoms with Gasteiger partial charge in [-0.1, -0.05) is 78.9 Å². The highest BCUT2D eigenvalue weighted by Gasteiger charge is 2.47. The van der Waals surface area contributed by atoms with Crippen molar-refractivity contribution in [1.82, 2.24) is 0 Å². The minimum atomic E-state index is -0.780. The van der Waals surface area contributed by atoms with Crippen LogP contribution in [0.15, 0.2) is 103 Å². The topological polar surface area (TPSA) is 66.8 Å². The second-order valence-electron chi connectivity index (χ2n) is 7.81. The number of methoxy groups -OCH3 is 1. The molecule has 5 rings (SSSR count). The maximum atomic E-state index is 13.3. The van der Waals surface area contributed by atoms with Crippen molar-refractivity contribution in [3.8, 4) is 5.75 Å². The van der Waals surface area contributed by atoms with E-state index in [-0.39, 0.29) is 11.3 Å². The summed E-state index contributed by atoms with van der Waals surface area (Å²) in [4.78, 5) is 28.1. The number of hydrogen-bond acceptors (Lipinski definition) is 4. The Hall–Kier alpha value is -4.38. The highest BCUT2D eigenvalue weighted by Crippen LogP contribution is 2.43. The minimum Gasteiger partial charge on any atom is -0.507 e. The van der Waals surface area contributed by atoms with Crippen LogP contribution in [-0.4, -0.2) is 23.9 Å². The number of Topliss-reactive ketones (excluding diaryl/α,β-unsaturated/α-hetero) is 1. The Labute approximate surface area is 191 Å². The van der Waals surface area contributed by atoms with E-state index in [1.54, 1.807) is 37.4 Å². The number of carbonyl (C=O) groups excluding carboxylic acids is 2. The standard InChI is InChI=1S/C28H21NO4/c1-33-21-14-8-13-20(17-21)29-25(19-10-3-2-4-11-19)24(27(31)28(29)32)26(30)23-16-7-12-18-9-5-6-15-22(18)23/h2-17,25,30H,1H3/b26-24-. The van der Waals surface area contributed by atoms with Gasteiger partial charge in [-0.25, -0.2) is 0 Å². The molecule has 0 spiro atoms. The molecule has 5 heteroatoms. The van der Waals surface area contributed by atoms with E-state index in [1.807, 2.05) is 66.7 Å². The number of aliphatic hydroxyl groups is 1. The van der Waals surface area contributed by atoms with E-state index in [0.29, 0.717) is 17.0 Å². The van der Waals surface area contributed by atoms with Crippen LogP contribution in [0, 0.1) is 0 Å². The van der Waals surface area contributed by atoms with Crippen LogP contribution in [0.4, 0.5) is 5.69 Å². The molecule has 4 aromatic rings.